The molecule has 0 aliphatic heterocycles. The first-order chi connectivity index (χ1) is 8.99. The van der Waals surface area contributed by atoms with Crippen molar-refractivity contribution in [2.45, 2.75) is 20.3 Å². The SMILES string of the molecule is CC(C)CCOc1cccc(NCC(=O)N(C)C)c1. The van der Waals surface area contributed by atoms with Crippen LogP contribution >= 0.6 is 0 Å². The highest BCUT2D eigenvalue weighted by Crippen LogP contribution is 2.17. The van der Waals surface area contributed by atoms with Crippen molar-refractivity contribution in [1.82, 2.24) is 4.90 Å². The predicted octanol–water partition coefficient (Wildman–Crippen LogP) is 2.61. The summed E-state index contributed by atoms with van der Waals surface area (Å²) < 4.78 is 5.68. The van der Waals surface area contributed by atoms with Crippen molar-refractivity contribution in [3.63, 3.8) is 0 Å². The maximum Gasteiger partial charge on any atom is 0.241 e. The summed E-state index contributed by atoms with van der Waals surface area (Å²) >= 11 is 0. The number of carbonyl (C=O) groups is 1. The largest absolute Gasteiger partial charge is 0.494 e. The fraction of sp³-hybridized carbons (Fsp3) is 0.533. The van der Waals surface area contributed by atoms with Gasteiger partial charge in [-0.3, -0.25) is 4.79 Å². The van der Waals surface area contributed by atoms with E-state index in [4.69, 9.17) is 4.74 Å². The van der Waals surface area contributed by atoms with Crippen LogP contribution in [0.25, 0.3) is 0 Å². The Morgan fingerprint density at radius 1 is 1.37 bits per heavy atom. The number of amides is 1. The van der Waals surface area contributed by atoms with Crippen molar-refractivity contribution in [1.29, 1.82) is 0 Å². The molecule has 0 aliphatic rings. The van der Waals surface area contributed by atoms with E-state index in [1.165, 1.54) is 0 Å². The zero-order chi connectivity index (χ0) is 14.3. The summed E-state index contributed by atoms with van der Waals surface area (Å²) in [7, 11) is 3.49. The number of rotatable bonds is 7. The molecule has 0 atom stereocenters. The summed E-state index contributed by atoms with van der Waals surface area (Å²) in [5.74, 6) is 1.52. The van der Waals surface area contributed by atoms with Gasteiger partial charge in [-0.15, -0.1) is 0 Å². The van der Waals surface area contributed by atoms with Crippen molar-refractivity contribution >= 4 is 11.6 Å². The maximum absolute atomic E-state index is 11.5. The fourth-order valence-electron chi connectivity index (χ4n) is 1.44. The third-order valence-corrected chi connectivity index (χ3v) is 2.74. The predicted molar refractivity (Wildman–Crippen MR) is 78.6 cm³/mol. The van der Waals surface area contributed by atoms with Gasteiger partial charge in [0.25, 0.3) is 0 Å². The van der Waals surface area contributed by atoms with Crippen LogP contribution in [0.15, 0.2) is 24.3 Å². The number of nitrogens with one attached hydrogen (secondary N) is 1. The molecule has 0 saturated heterocycles. The molecule has 1 rings (SSSR count). The number of anilines is 1. The van der Waals surface area contributed by atoms with Crippen LogP contribution in [-0.2, 0) is 4.79 Å². The first-order valence-electron chi connectivity index (χ1n) is 6.66. The molecule has 106 valence electrons. The molecule has 1 aromatic rings. The zero-order valence-electron chi connectivity index (χ0n) is 12.3. The summed E-state index contributed by atoms with van der Waals surface area (Å²) in [5.41, 5.74) is 0.900. The number of hydrogen-bond donors (Lipinski definition) is 1. The molecule has 1 amide bonds. The molecule has 0 bridgehead atoms. The van der Waals surface area contributed by atoms with E-state index in [1.807, 2.05) is 24.3 Å². The van der Waals surface area contributed by atoms with Gasteiger partial charge in [-0.05, 0) is 24.5 Å². The molecule has 0 saturated carbocycles. The van der Waals surface area contributed by atoms with Gasteiger partial charge in [0.1, 0.15) is 5.75 Å². The topological polar surface area (TPSA) is 41.6 Å². The molecular weight excluding hydrogens is 240 g/mol. The second-order valence-electron chi connectivity index (χ2n) is 5.20. The van der Waals surface area contributed by atoms with Crippen LogP contribution in [0, 0.1) is 5.92 Å². The van der Waals surface area contributed by atoms with Crippen LogP contribution < -0.4 is 10.1 Å². The molecule has 1 aromatic carbocycles. The molecule has 4 heteroatoms. The van der Waals surface area contributed by atoms with Gasteiger partial charge in [-0.25, -0.2) is 0 Å². The normalized spacial score (nSPS) is 10.4. The summed E-state index contributed by atoms with van der Waals surface area (Å²) in [4.78, 5) is 13.0. The van der Waals surface area contributed by atoms with E-state index >= 15 is 0 Å². The lowest BCUT2D eigenvalue weighted by Gasteiger charge is -2.13. The maximum atomic E-state index is 11.5. The van der Waals surface area contributed by atoms with Crippen molar-refractivity contribution in [3.8, 4) is 5.75 Å². The minimum Gasteiger partial charge on any atom is -0.494 e. The molecule has 0 aromatic heterocycles. The number of likely N-dealkylation sites (N-methyl/N-ethyl adjacent to an activating group) is 1. The van der Waals surface area contributed by atoms with Crippen molar-refractivity contribution in [2.24, 2.45) is 5.92 Å². The van der Waals surface area contributed by atoms with Crippen molar-refractivity contribution in [3.05, 3.63) is 24.3 Å². The highest BCUT2D eigenvalue weighted by molar-refractivity contribution is 5.80. The number of ether oxygens (including phenoxy) is 1. The average molecular weight is 264 g/mol. The Labute approximate surface area is 115 Å². The van der Waals surface area contributed by atoms with Gasteiger partial charge in [0.2, 0.25) is 5.91 Å². The van der Waals surface area contributed by atoms with Crippen LogP contribution in [0.2, 0.25) is 0 Å². The van der Waals surface area contributed by atoms with E-state index in [-0.39, 0.29) is 5.91 Å². The Bertz CT molecular complexity index is 403. The average Bonchev–Trinajstić information content (AvgIpc) is 2.36. The first kappa shape index (κ1) is 15.3. The third kappa shape index (κ3) is 6.13. The third-order valence-electron chi connectivity index (χ3n) is 2.74. The standard InChI is InChI=1S/C15H24N2O2/c1-12(2)8-9-19-14-7-5-6-13(10-14)16-11-15(18)17(3)4/h5-7,10,12,16H,8-9,11H2,1-4H3. The lowest BCUT2D eigenvalue weighted by Crippen LogP contribution is -2.28. The molecule has 0 aliphatic carbocycles. The van der Waals surface area contributed by atoms with Gasteiger partial charge in [-0.2, -0.15) is 0 Å². The zero-order valence-corrected chi connectivity index (χ0v) is 12.3. The Hall–Kier alpha value is -1.71. The quantitative estimate of drug-likeness (QED) is 0.823. The van der Waals surface area contributed by atoms with Crippen LogP contribution in [0.4, 0.5) is 5.69 Å². The van der Waals surface area contributed by atoms with Gasteiger partial charge >= 0.3 is 0 Å². The van der Waals surface area contributed by atoms with Crippen molar-refractivity contribution < 1.29 is 9.53 Å². The van der Waals surface area contributed by atoms with E-state index < -0.39 is 0 Å². The minimum atomic E-state index is 0.0473. The van der Waals surface area contributed by atoms with Gasteiger partial charge in [0.05, 0.1) is 13.2 Å². The summed E-state index contributed by atoms with van der Waals surface area (Å²) in [6.07, 6.45) is 1.04. The molecule has 4 nitrogen and oxygen atoms in total. The molecule has 0 unspecified atom stereocenters. The van der Waals surface area contributed by atoms with Crippen LogP contribution in [-0.4, -0.2) is 38.1 Å². The summed E-state index contributed by atoms with van der Waals surface area (Å²) in [6.45, 7) is 5.36. The van der Waals surface area contributed by atoms with Crippen molar-refractivity contribution in [2.75, 3.05) is 32.6 Å². The molecule has 0 fully saturated rings. The second-order valence-corrected chi connectivity index (χ2v) is 5.20. The van der Waals surface area contributed by atoms with Gasteiger partial charge < -0.3 is 15.0 Å². The summed E-state index contributed by atoms with van der Waals surface area (Å²) in [6, 6.07) is 7.70. The molecule has 0 radical (unpaired) electrons. The molecule has 0 heterocycles. The van der Waals surface area contributed by atoms with E-state index in [1.54, 1.807) is 19.0 Å². The lowest BCUT2D eigenvalue weighted by atomic mass is 10.1. The number of benzene rings is 1. The van der Waals surface area contributed by atoms with Crippen LogP contribution in [0.1, 0.15) is 20.3 Å². The Kier molecular flexibility index (Phi) is 6.19. The number of carbonyl (C=O) groups excluding carboxylic acids is 1. The minimum absolute atomic E-state index is 0.0473. The van der Waals surface area contributed by atoms with Gasteiger partial charge in [-0.1, -0.05) is 19.9 Å². The highest BCUT2D eigenvalue weighted by atomic mass is 16.5. The lowest BCUT2D eigenvalue weighted by molar-refractivity contribution is -0.126. The van der Waals surface area contributed by atoms with Gasteiger partial charge in [0, 0.05) is 25.8 Å². The molecule has 19 heavy (non-hydrogen) atoms. The molecular formula is C15H24N2O2. The van der Waals surface area contributed by atoms with E-state index in [2.05, 4.69) is 19.2 Å². The van der Waals surface area contributed by atoms with E-state index in [0.29, 0.717) is 12.5 Å². The monoisotopic (exact) mass is 264 g/mol. The van der Waals surface area contributed by atoms with Crippen LogP contribution in [0.3, 0.4) is 0 Å². The Morgan fingerprint density at radius 2 is 2.11 bits per heavy atom. The number of nitrogens with zero attached hydrogens (tertiary/aromatic N) is 1. The Morgan fingerprint density at radius 3 is 2.74 bits per heavy atom. The van der Waals surface area contributed by atoms with E-state index in [0.717, 1.165) is 24.5 Å². The van der Waals surface area contributed by atoms with Crippen LogP contribution in [0.5, 0.6) is 5.75 Å². The second kappa shape index (κ2) is 7.67. The van der Waals surface area contributed by atoms with E-state index in [9.17, 15) is 4.79 Å². The Balaban J connectivity index is 2.45. The highest BCUT2D eigenvalue weighted by Gasteiger charge is 2.04. The fourth-order valence-corrected chi connectivity index (χ4v) is 1.44. The first-order valence-corrected chi connectivity index (χ1v) is 6.66. The summed E-state index contributed by atoms with van der Waals surface area (Å²) in [5, 5.41) is 3.09. The number of hydrogen-bond acceptors (Lipinski definition) is 3. The molecule has 0 spiro atoms. The molecule has 1 N–H and O–H groups in total. The smallest absolute Gasteiger partial charge is 0.241 e. The van der Waals surface area contributed by atoms with Gasteiger partial charge in [0.15, 0.2) is 0 Å².